The van der Waals surface area contributed by atoms with Gasteiger partial charge in [0.25, 0.3) is 0 Å². The Hall–Kier alpha value is -1.39. The van der Waals surface area contributed by atoms with Crippen LogP contribution in [-0.2, 0) is 11.3 Å². The quantitative estimate of drug-likeness (QED) is 0.826. The predicted octanol–water partition coefficient (Wildman–Crippen LogP) is 2.06. The topological polar surface area (TPSA) is 58.4 Å². The van der Waals surface area contributed by atoms with Gasteiger partial charge in [0.1, 0.15) is 0 Å². The minimum Gasteiger partial charge on any atom is -0.325 e. The maximum absolute atomic E-state index is 12.0. The second kappa shape index (κ2) is 7.26. The van der Waals surface area contributed by atoms with Gasteiger partial charge in [-0.25, -0.2) is 0 Å². The van der Waals surface area contributed by atoms with E-state index < -0.39 is 6.04 Å². The molecule has 0 saturated heterocycles. The monoisotopic (exact) mass is 263 g/mol. The maximum atomic E-state index is 12.0. The van der Waals surface area contributed by atoms with E-state index in [-0.39, 0.29) is 11.8 Å². The Morgan fingerprint density at radius 3 is 2.68 bits per heavy atom. The Balaban J connectivity index is 2.69. The van der Waals surface area contributed by atoms with Gasteiger partial charge in [0.05, 0.1) is 6.04 Å². The first-order valence-corrected chi connectivity index (χ1v) is 6.74. The van der Waals surface area contributed by atoms with E-state index in [2.05, 4.69) is 10.2 Å². The zero-order chi connectivity index (χ0) is 14.4. The van der Waals surface area contributed by atoms with Gasteiger partial charge in [-0.1, -0.05) is 32.4 Å². The molecule has 19 heavy (non-hydrogen) atoms. The lowest BCUT2D eigenvalue weighted by Gasteiger charge is -2.18. The van der Waals surface area contributed by atoms with Crippen LogP contribution in [0.3, 0.4) is 0 Å². The van der Waals surface area contributed by atoms with Gasteiger partial charge >= 0.3 is 0 Å². The van der Waals surface area contributed by atoms with Crippen molar-refractivity contribution in [3.8, 4) is 0 Å². The molecule has 0 saturated carbocycles. The molecule has 0 aromatic heterocycles. The lowest BCUT2D eigenvalue weighted by atomic mass is 9.99. The van der Waals surface area contributed by atoms with Crippen LogP contribution in [0.2, 0.25) is 0 Å². The van der Waals surface area contributed by atoms with Crippen molar-refractivity contribution in [2.24, 2.45) is 11.7 Å². The largest absolute Gasteiger partial charge is 0.325 e. The predicted molar refractivity (Wildman–Crippen MR) is 79.9 cm³/mol. The van der Waals surface area contributed by atoms with Crippen LogP contribution in [0.1, 0.15) is 25.8 Å². The van der Waals surface area contributed by atoms with Crippen LogP contribution in [0.4, 0.5) is 5.69 Å². The van der Waals surface area contributed by atoms with E-state index in [9.17, 15) is 4.79 Å². The Bertz CT molecular complexity index is 418. The average molecular weight is 263 g/mol. The van der Waals surface area contributed by atoms with E-state index >= 15 is 0 Å². The van der Waals surface area contributed by atoms with Gasteiger partial charge in [-0.15, -0.1) is 0 Å². The summed E-state index contributed by atoms with van der Waals surface area (Å²) in [5.41, 5.74) is 7.89. The Kier molecular flexibility index (Phi) is 5.99. The Morgan fingerprint density at radius 2 is 2.11 bits per heavy atom. The third-order valence-corrected chi connectivity index (χ3v) is 3.25. The van der Waals surface area contributed by atoms with Gasteiger partial charge in [0.15, 0.2) is 0 Å². The molecule has 3 N–H and O–H groups in total. The SMILES string of the molecule is CCC(C)[C@H](N)C(=O)Nc1cccc(CN(C)C)c1. The highest BCUT2D eigenvalue weighted by Gasteiger charge is 2.19. The molecule has 1 amide bonds. The molecule has 4 heteroatoms. The number of nitrogens with two attached hydrogens (primary N) is 1. The minimum absolute atomic E-state index is 0.114. The number of nitrogens with one attached hydrogen (secondary N) is 1. The molecule has 0 aliphatic carbocycles. The Labute approximate surface area is 116 Å². The lowest BCUT2D eigenvalue weighted by Crippen LogP contribution is -2.40. The van der Waals surface area contributed by atoms with Gasteiger partial charge in [-0.05, 0) is 37.7 Å². The summed E-state index contributed by atoms with van der Waals surface area (Å²) >= 11 is 0. The smallest absolute Gasteiger partial charge is 0.241 e. The fourth-order valence-electron chi connectivity index (χ4n) is 1.85. The second-order valence-corrected chi connectivity index (χ2v) is 5.34. The maximum Gasteiger partial charge on any atom is 0.241 e. The molecular formula is C15H25N3O. The summed E-state index contributed by atoms with van der Waals surface area (Å²) in [6.07, 6.45) is 0.898. The summed E-state index contributed by atoms with van der Waals surface area (Å²) in [4.78, 5) is 14.1. The molecule has 0 spiro atoms. The number of nitrogens with zero attached hydrogens (tertiary/aromatic N) is 1. The number of anilines is 1. The first kappa shape index (κ1) is 15.7. The van der Waals surface area contributed by atoms with Crippen LogP contribution >= 0.6 is 0 Å². The number of hydrogen-bond acceptors (Lipinski definition) is 3. The van der Waals surface area contributed by atoms with E-state index in [1.54, 1.807) is 0 Å². The van der Waals surface area contributed by atoms with Crippen molar-refractivity contribution in [2.75, 3.05) is 19.4 Å². The molecule has 0 aliphatic rings. The van der Waals surface area contributed by atoms with Crippen LogP contribution < -0.4 is 11.1 Å². The fraction of sp³-hybridized carbons (Fsp3) is 0.533. The molecule has 0 fully saturated rings. The molecule has 0 radical (unpaired) electrons. The fourth-order valence-corrected chi connectivity index (χ4v) is 1.85. The molecular weight excluding hydrogens is 238 g/mol. The second-order valence-electron chi connectivity index (χ2n) is 5.34. The van der Waals surface area contributed by atoms with E-state index in [0.717, 1.165) is 18.7 Å². The Morgan fingerprint density at radius 1 is 1.42 bits per heavy atom. The average Bonchev–Trinajstić information content (AvgIpc) is 2.36. The highest BCUT2D eigenvalue weighted by atomic mass is 16.2. The summed E-state index contributed by atoms with van der Waals surface area (Å²) in [5.74, 6) is 0.0707. The van der Waals surface area contributed by atoms with Gasteiger partial charge in [0.2, 0.25) is 5.91 Å². The molecule has 2 atom stereocenters. The number of amides is 1. The van der Waals surface area contributed by atoms with Crippen LogP contribution in [0, 0.1) is 5.92 Å². The normalized spacial score (nSPS) is 14.2. The highest BCUT2D eigenvalue weighted by molar-refractivity contribution is 5.94. The van der Waals surface area contributed by atoms with Crippen molar-refractivity contribution in [1.82, 2.24) is 4.90 Å². The number of hydrogen-bond donors (Lipinski definition) is 2. The van der Waals surface area contributed by atoms with Crippen LogP contribution in [0.25, 0.3) is 0 Å². The summed E-state index contributed by atoms with van der Waals surface area (Å²) < 4.78 is 0. The minimum atomic E-state index is -0.456. The van der Waals surface area contributed by atoms with Crippen molar-refractivity contribution in [1.29, 1.82) is 0 Å². The molecule has 0 heterocycles. The van der Waals surface area contributed by atoms with Crippen LogP contribution in [0.15, 0.2) is 24.3 Å². The van der Waals surface area contributed by atoms with Gasteiger partial charge in [0, 0.05) is 12.2 Å². The van der Waals surface area contributed by atoms with Crippen molar-refractivity contribution in [3.05, 3.63) is 29.8 Å². The van der Waals surface area contributed by atoms with Gasteiger partial charge < -0.3 is 16.0 Å². The van der Waals surface area contributed by atoms with E-state index in [1.807, 2.05) is 52.2 Å². The third-order valence-electron chi connectivity index (χ3n) is 3.25. The number of rotatable bonds is 6. The number of carbonyl (C=O) groups is 1. The molecule has 1 aromatic rings. The van der Waals surface area contributed by atoms with Gasteiger partial charge in [-0.2, -0.15) is 0 Å². The summed E-state index contributed by atoms with van der Waals surface area (Å²) in [6.45, 7) is 4.88. The third kappa shape index (κ3) is 5.01. The van der Waals surface area contributed by atoms with Crippen LogP contribution in [-0.4, -0.2) is 30.9 Å². The molecule has 0 bridgehead atoms. The number of carbonyl (C=O) groups excluding carboxylic acids is 1. The molecule has 106 valence electrons. The van der Waals surface area contributed by atoms with E-state index in [4.69, 9.17) is 5.73 Å². The first-order chi connectivity index (χ1) is 8.93. The van der Waals surface area contributed by atoms with Gasteiger partial charge in [-0.3, -0.25) is 4.79 Å². The zero-order valence-electron chi connectivity index (χ0n) is 12.3. The standard InChI is InChI=1S/C15H25N3O/c1-5-11(2)14(16)15(19)17-13-8-6-7-12(9-13)10-18(3)4/h6-9,11,14H,5,10,16H2,1-4H3,(H,17,19)/t11?,14-/m0/s1. The molecule has 1 unspecified atom stereocenters. The van der Waals surface area contributed by atoms with Crippen molar-refractivity contribution < 1.29 is 4.79 Å². The molecule has 1 aromatic carbocycles. The summed E-state index contributed by atoms with van der Waals surface area (Å²) in [5, 5.41) is 2.89. The van der Waals surface area contributed by atoms with E-state index in [0.29, 0.717) is 0 Å². The lowest BCUT2D eigenvalue weighted by molar-refractivity contribution is -0.118. The van der Waals surface area contributed by atoms with Crippen LogP contribution in [0.5, 0.6) is 0 Å². The molecule has 0 aliphatic heterocycles. The van der Waals surface area contributed by atoms with E-state index in [1.165, 1.54) is 5.56 Å². The van der Waals surface area contributed by atoms with Crippen molar-refractivity contribution in [2.45, 2.75) is 32.9 Å². The highest BCUT2D eigenvalue weighted by Crippen LogP contribution is 2.13. The van der Waals surface area contributed by atoms with Crippen molar-refractivity contribution >= 4 is 11.6 Å². The molecule has 1 rings (SSSR count). The summed E-state index contributed by atoms with van der Waals surface area (Å²) in [6, 6.07) is 7.41. The summed E-state index contributed by atoms with van der Waals surface area (Å²) in [7, 11) is 4.04. The first-order valence-electron chi connectivity index (χ1n) is 6.74. The molecule has 4 nitrogen and oxygen atoms in total. The number of benzene rings is 1. The van der Waals surface area contributed by atoms with Crippen molar-refractivity contribution in [3.63, 3.8) is 0 Å². The zero-order valence-corrected chi connectivity index (χ0v) is 12.3.